The molecule has 1 heterocycles. The number of benzene rings is 1. The van der Waals surface area contributed by atoms with Gasteiger partial charge in [-0.1, -0.05) is 29.8 Å². The normalized spacial score (nSPS) is 10.3. The summed E-state index contributed by atoms with van der Waals surface area (Å²) in [4.78, 5) is 33.5. The Morgan fingerprint density at radius 1 is 1.38 bits per heavy atom. The lowest BCUT2D eigenvalue weighted by atomic mass is 10.2. The maximum atomic E-state index is 12.1. The van der Waals surface area contributed by atoms with Crippen LogP contribution >= 0.6 is 11.6 Å². The van der Waals surface area contributed by atoms with Crippen LogP contribution in [-0.4, -0.2) is 15.4 Å². The fourth-order valence-electron chi connectivity index (χ4n) is 1.82. The first-order valence-corrected chi connectivity index (χ1v) is 6.20. The summed E-state index contributed by atoms with van der Waals surface area (Å²) in [6, 6.07) is 7.62. The smallest absolute Gasteiger partial charge is 0.286 e. The van der Waals surface area contributed by atoms with E-state index in [9.17, 15) is 19.7 Å². The molecule has 0 saturated carbocycles. The molecule has 0 unspecified atom stereocenters. The topological polar surface area (TPSA) is 108 Å². The fourth-order valence-corrected chi connectivity index (χ4v) is 2.02. The Bertz CT molecular complexity index is 785. The molecule has 1 amide bonds. The van der Waals surface area contributed by atoms with Crippen molar-refractivity contribution in [2.75, 3.05) is 0 Å². The third kappa shape index (κ3) is 3.09. The predicted octanol–water partition coefficient (Wildman–Crippen LogP) is 1.56. The molecule has 0 fully saturated rings. The lowest BCUT2D eigenvalue weighted by Crippen LogP contribution is -2.30. The van der Waals surface area contributed by atoms with Crippen LogP contribution in [0, 0.1) is 10.1 Å². The lowest BCUT2D eigenvalue weighted by molar-refractivity contribution is -0.385. The van der Waals surface area contributed by atoms with Crippen LogP contribution < -0.4 is 11.3 Å². The summed E-state index contributed by atoms with van der Waals surface area (Å²) in [5.74, 6) is -1.02. The van der Waals surface area contributed by atoms with Crippen molar-refractivity contribution >= 4 is 23.2 Å². The third-order valence-corrected chi connectivity index (χ3v) is 3.22. The number of nitro groups is 1. The van der Waals surface area contributed by atoms with Crippen LogP contribution in [0.4, 0.5) is 5.69 Å². The molecule has 1 aromatic carbocycles. The minimum Gasteiger partial charge on any atom is -0.365 e. The van der Waals surface area contributed by atoms with Crippen molar-refractivity contribution in [3.8, 4) is 0 Å². The Morgan fingerprint density at radius 3 is 2.62 bits per heavy atom. The summed E-state index contributed by atoms with van der Waals surface area (Å²) < 4.78 is 1.04. The van der Waals surface area contributed by atoms with E-state index >= 15 is 0 Å². The number of carbonyl (C=O) groups excluding carboxylic acids is 1. The Morgan fingerprint density at radius 2 is 2.05 bits per heavy atom. The maximum Gasteiger partial charge on any atom is 0.286 e. The highest BCUT2D eigenvalue weighted by molar-refractivity contribution is 6.31. The number of nitrogens with zero attached hydrogens (tertiary/aromatic N) is 2. The molecule has 0 saturated heterocycles. The summed E-state index contributed by atoms with van der Waals surface area (Å²) in [6.45, 7) is 0.000463. The van der Waals surface area contributed by atoms with Gasteiger partial charge in [0.05, 0.1) is 17.7 Å². The van der Waals surface area contributed by atoms with Gasteiger partial charge in [-0.15, -0.1) is 0 Å². The number of rotatable bonds is 4. The average Bonchev–Trinajstić information content (AvgIpc) is 2.42. The van der Waals surface area contributed by atoms with Crippen molar-refractivity contribution in [3.05, 3.63) is 73.1 Å². The fraction of sp³-hybridized carbons (Fsp3) is 0.0769. The minimum absolute atomic E-state index is 0.000463. The zero-order valence-corrected chi connectivity index (χ0v) is 11.4. The highest BCUT2D eigenvalue weighted by atomic mass is 35.5. The molecule has 1 aromatic heterocycles. The molecular weight excluding hydrogens is 298 g/mol. The molecule has 0 aliphatic heterocycles. The van der Waals surface area contributed by atoms with Crippen LogP contribution in [0.5, 0.6) is 0 Å². The second kappa shape index (κ2) is 5.76. The van der Waals surface area contributed by atoms with Crippen molar-refractivity contribution in [2.45, 2.75) is 6.54 Å². The van der Waals surface area contributed by atoms with Gasteiger partial charge < -0.3 is 10.3 Å². The Labute approximate surface area is 123 Å². The van der Waals surface area contributed by atoms with E-state index in [-0.39, 0.29) is 6.54 Å². The van der Waals surface area contributed by atoms with E-state index in [1.165, 1.54) is 0 Å². The molecule has 2 N–H and O–H groups in total. The van der Waals surface area contributed by atoms with E-state index < -0.39 is 27.6 Å². The van der Waals surface area contributed by atoms with Gasteiger partial charge >= 0.3 is 0 Å². The van der Waals surface area contributed by atoms with Gasteiger partial charge in [-0.05, 0) is 11.6 Å². The van der Waals surface area contributed by atoms with Gasteiger partial charge in [0.25, 0.3) is 17.2 Å². The monoisotopic (exact) mass is 307 g/mol. The van der Waals surface area contributed by atoms with Crippen molar-refractivity contribution in [1.82, 2.24) is 4.57 Å². The number of halogens is 1. The second-order valence-corrected chi connectivity index (χ2v) is 4.67. The van der Waals surface area contributed by atoms with Crippen LogP contribution in [0.1, 0.15) is 15.9 Å². The predicted molar refractivity (Wildman–Crippen MR) is 76.4 cm³/mol. The Kier molecular flexibility index (Phi) is 4.04. The molecule has 0 spiro atoms. The van der Waals surface area contributed by atoms with Gasteiger partial charge in [0.2, 0.25) is 0 Å². The number of hydrogen-bond acceptors (Lipinski definition) is 4. The zero-order chi connectivity index (χ0) is 15.6. The van der Waals surface area contributed by atoms with Gasteiger partial charge in [-0.25, -0.2) is 0 Å². The summed E-state index contributed by atoms with van der Waals surface area (Å²) in [6.07, 6.45) is 1.05. The SMILES string of the molecule is NC(=O)c1cc([N+](=O)[O-])cn(Cc2ccccc2Cl)c1=O. The molecule has 0 aliphatic rings. The molecule has 21 heavy (non-hydrogen) atoms. The summed E-state index contributed by atoms with van der Waals surface area (Å²) in [5.41, 5.74) is 4.14. The number of aromatic nitrogens is 1. The minimum atomic E-state index is -1.02. The van der Waals surface area contributed by atoms with Crippen LogP contribution in [0.15, 0.2) is 41.3 Å². The van der Waals surface area contributed by atoms with Gasteiger partial charge in [0.15, 0.2) is 0 Å². The Balaban J connectivity index is 2.58. The highest BCUT2D eigenvalue weighted by Gasteiger charge is 2.17. The van der Waals surface area contributed by atoms with Crippen molar-refractivity contribution in [1.29, 1.82) is 0 Å². The van der Waals surface area contributed by atoms with Crippen LogP contribution in [0.3, 0.4) is 0 Å². The molecule has 0 radical (unpaired) electrons. The molecule has 0 aliphatic carbocycles. The number of hydrogen-bond donors (Lipinski definition) is 1. The average molecular weight is 308 g/mol. The third-order valence-electron chi connectivity index (χ3n) is 2.85. The number of nitrogens with two attached hydrogens (primary N) is 1. The summed E-state index contributed by atoms with van der Waals surface area (Å²) >= 11 is 5.99. The molecule has 7 nitrogen and oxygen atoms in total. The van der Waals surface area contributed by atoms with Gasteiger partial charge in [-0.3, -0.25) is 19.7 Å². The van der Waals surface area contributed by atoms with Crippen LogP contribution in [0.25, 0.3) is 0 Å². The van der Waals surface area contributed by atoms with E-state index in [0.29, 0.717) is 10.6 Å². The van der Waals surface area contributed by atoms with Crippen molar-refractivity contribution in [3.63, 3.8) is 0 Å². The molecule has 2 rings (SSSR count). The van der Waals surface area contributed by atoms with Crippen molar-refractivity contribution < 1.29 is 9.72 Å². The van der Waals surface area contributed by atoms with E-state index in [2.05, 4.69) is 0 Å². The van der Waals surface area contributed by atoms with E-state index in [1.807, 2.05) is 0 Å². The first-order chi connectivity index (χ1) is 9.90. The number of amides is 1. The largest absolute Gasteiger partial charge is 0.365 e. The maximum absolute atomic E-state index is 12.1. The lowest BCUT2D eigenvalue weighted by Gasteiger charge is -2.08. The van der Waals surface area contributed by atoms with E-state index in [1.54, 1.807) is 24.3 Å². The van der Waals surface area contributed by atoms with Crippen LogP contribution in [0.2, 0.25) is 5.02 Å². The number of carbonyl (C=O) groups is 1. The molecule has 2 aromatic rings. The molecule has 0 bridgehead atoms. The van der Waals surface area contributed by atoms with Crippen LogP contribution in [-0.2, 0) is 6.54 Å². The first-order valence-electron chi connectivity index (χ1n) is 5.82. The van der Waals surface area contributed by atoms with E-state index in [0.717, 1.165) is 16.8 Å². The first kappa shape index (κ1) is 14.7. The number of pyridine rings is 1. The summed E-state index contributed by atoms with van der Waals surface area (Å²) in [7, 11) is 0. The zero-order valence-electron chi connectivity index (χ0n) is 10.7. The van der Waals surface area contributed by atoms with Gasteiger partial charge in [0.1, 0.15) is 5.56 Å². The molecule has 8 heteroatoms. The van der Waals surface area contributed by atoms with E-state index in [4.69, 9.17) is 17.3 Å². The molecule has 108 valence electrons. The highest BCUT2D eigenvalue weighted by Crippen LogP contribution is 2.17. The quantitative estimate of drug-likeness (QED) is 0.682. The summed E-state index contributed by atoms with van der Waals surface area (Å²) in [5, 5.41) is 11.3. The Hall–Kier alpha value is -2.67. The molecule has 0 atom stereocenters. The van der Waals surface area contributed by atoms with Crippen molar-refractivity contribution in [2.24, 2.45) is 5.73 Å². The number of primary amides is 1. The van der Waals surface area contributed by atoms with Gasteiger partial charge in [0, 0.05) is 11.1 Å². The van der Waals surface area contributed by atoms with Gasteiger partial charge in [-0.2, -0.15) is 0 Å². The molecular formula is C13H10ClN3O4. The second-order valence-electron chi connectivity index (χ2n) is 4.26. The standard InChI is InChI=1S/C13H10ClN3O4/c14-11-4-2-1-3-8(11)6-16-7-9(17(20)21)5-10(12(15)18)13(16)19/h1-5,7H,6H2,(H2,15,18).